The van der Waals surface area contributed by atoms with Crippen molar-refractivity contribution in [1.29, 1.82) is 0 Å². The van der Waals surface area contributed by atoms with Crippen LogP contribution in [0, 0.1) is 11.8 Å². The highest BCUT2D eigenvalue weighted by Crippen LogP contribution is 2.20. The Bertz CT molecular complexity index is 467. The number of ether oxygens (including phenoxy) is 1. The van der Waals surface area contributed by atoms with Gasteiger partial charge in [0.25, 0.3) is 0 Å². The highest BCUT2D eigenvalue weighted by atomic mass is 16.5. The largest absolute Gasteiger partial charge is 0.497 e. The average Bonchev–Trinajstić information content (AvgIpc) is 2.47. The second kappa shape index (κ2) is 7.18. The third-order valence-corrected chi connectivity index (χ3v) is 3.46. The van der Waals surface area contributed by atoms with Crippen molar-refractivity contribution in [3.63, 3.8) is 0 Å². The first-order valence-electron chi connectivity index (χ1n) is 6.82. The number of aliphatic hydroxyl groups is 1. The fourth-order valence-corrected chi connectivity index (χ4v) is 2.44. The quantitative estimate of drug-likeness (QED) is 0.843. The van der Waals surface area contributed by atoms with Gasteiger partial charge in [-0.05, 0) is 49.7 Å². The van der Waals surface area contributed by atoms with Crippen LogP contribution >= 0.6 is 0 Å². The summed E-state index contributed by atoms with van der Waals surface area (Å²) in [5.41, 5.74) is 2.17. The molecule has 1 fully saturated rings. The molecule has 1 N–H and O–H groups in total. The van der Waals surface area contributed by atoms with E-state index in [1.165, 1.54) is 24.8 Å². The van der Waals surface area contributed by atoms with Crippen LogP contribution in [-0.2, 0) is 6.54 Å². The van der Waals surface area contributed by atoms with Gasteiger partial charge in [0, 0.05) is 12.1 Å². The Kier molecular flexibility index (Phi) is 5.26. The molecule has 1 saturated heterocycles. The van der Waals surface area contributed by atoms with Gasteiger partial charge in [-0.2, -0.15) is 0 Å². The van der Waals surface area contributed by atoms with Gasteiger partial charge in [0.15, 0.2) is 0 Å². The number of benzene rings is 1. The molecular weight excluding hydrogens is 238 g/mol. The molecule has 0 spiro atoms. The maximum Gasteiger partial charge on any atom is 0.119 e. The van der Waals surface area contributed by atoms with E-state index in [1.54, 1.807) is 7.11 Å². The Morgan fingerprint density at radius 1 is 1.26 bits per heavy atom. The molecule has 0 bridgehead atoms. The summed E-state index contributed by atoms with van der Waals surface area (Å²) in [6.45, 7) is 3.12. The van der Waals surface area contributed by atoms with E-state index < -0.39 is 0 Å². The summed E-state index contributed by atoms with van der Waals surface area (Å²) >= 11 is 0. The van der Waals surface area contributed by atoms with Gasteiger partial charge >= 0.3 is 0 Å². The molecule has 1 aromatic rings. The zero-order valence-corrected chi connectivity index (χ0v) is 11.5. The molecule has 1 aliphatic heterocycles. The van der Waals surface area contributed by atoms with E-state index in [9.17, 15) is 0 Å². The number of hydrogen-bond acceptors (Lipinski definition) is 3. The summed E-state index contributed by atoms with van der Waals surface area (Å²) in [5, 5.41) is 8.83. The van der Waals surface area contributed by atoms with Gasteiger partial charge < -0.3 is 9.84 Å². The number of piperidine rings is 1. The number of aliphatic hydroxyl groups excluding tert-OH is 1. The van der Waals surface area contributed by atoms with Crippen LogP contribution in [0.3, 0.4) is 0 Å². The Hall–Kier alpha value is -1.50. The van der Waals surface area contributed by atoms with Gasteiger partial charge in [-0.25, -0.2) is 0 Å². The van der Waals surface area contributed by atoms with Gasteiger partial charge in [-0.15, -0.1) is 0 Å². The normalized spacial score (nSPS) is 15.7. The van der Waals surface area contributed by atoms with Crippen molar-refractivity contribution in [1.82, 2.24) is 4.90 Å². The molecule has 3 nitrogen and oxygen atoms in total. The molecular formula is C16H21NO2. The molecule has 3 heteroatoms. The summed E-state index contributed by atoms with van der Waals surface area (Å²) in [6, 6.07) is 5.94. The minimum absolute atomic E-state index is 0.102. The van der Waals surface area contributed by atoms with E-state index in [-0.39, 0.29) is 6.61 Å². The molecule has 0 amide bonds. The lowest BCUT2D eigenvalue weighted by molar-refractivity contribution is 0.220. The predicted octanol–water partition coefficient (Wildman–Crippen LogP) is 2.02. The first-order valence-corrected chi connectivity index (χ1v) is 6.82. The van der Waals surface area contributed by atoms with Gasteiger partial charge in [-0.3, -0.25) is 4.90 Å². The minimum atomic E-state index is -0.102. The van der Waals surface area contributed by atoms with Crippen LogP contribution in [0.5, 0.6) is 5.75 Å². The zero-order valence-electron chi connectivity index (χ0n) is 11.5. The lowest BCUT2D eigenvalue weighted by Gasteiger charge is -2.27. The molecule has 1 heterocycles. The maximum absolute atomic E-state index is 8.83. The van der Waals surface area contributed by atoms with Gasteiger partial charge in [0.2, 0.25) is 0 Å². The Balaban J connectivity index is 2.18. The first kappa shape index (κ1) is 13.9. The summed E-state index contributed by atoms with van der Waals surface area (Å²) < 4.78 is 5.29. The van der Waals surface area contributed by atoms with Crippen LogP contribution in [-0.4, -0.2) is 36.8 Å². The smallest absolute Gasteiger partial charge is 0.119 e. The fraction of sp³-hybridized carbons (Fsp3) is 0.500. The van der Waals surface area contributed by atoms with Crippen LogP contribution in [0.4, 0.5) is 0 Å². The Labute approximate surface area is 115 Å². The van der Waals surface area contributed by atoms with E-state index in [0.717, 1.165) is 30.9 Å². The van der Waals surface area contributed by atoms with E-state index >= 15 is 0 Å². The number of nitrogens with zero attached hydrogens (tertiary/aromatic N) is 1. The fourth-order valence-electron chi connectivity index (χ4n) is 2.44. The van der Waals surface area contributed by atoms with Crippen LogP contribution < -0.4 is 4.74 Å². The second-order valence-corrected chi connectivity index (χ2v) is 4.82. The third-order valence-electron chi connectivity index (χ3n) is 3.46. The van der Waals surface area contributed by atoms with Crippen LogP contribution in [0.2, 0.25) is 0 Å². The van der Waals surface area contributed by atoms with Crippen LogP contribution in [0.1, 0.15) is 30.4 Å². The van der Waals surface area contributed by atoms with Crippen molar-refractivity contribution >= 4 is 0 Å². The van der Waals surface area contributed by atoms with Crippen LogP contribution in [0.25, 0.3) is 0 Å². The highest BCUT2D eigenvalue weighted by Gasteiger charge is 2.12. The van der Waals surface area contributed by atoms with Crippen molar-refractivity contribution in [3.05, 3.63) is 29.3 Å². The molecule has 2 rings (SSSR count). The SMILES string of the molecule is COc1ccc(C#CCO)c(CN2CCCCC2)c1. The van der Waals surface area contributed by atoms with Gasteiger partial charge in [0.05, 0.1) is 7.11 Å². The third kappa shape index (κ3) is 3.99. The van der Waals surface area contributed by atoms with E-state index in [0.29, 0.717) is 0 Å². The Morgan fingerprint density at radius 3 is 2.74 bits per heavy atom. The molecule has 1 aromatic carbocycles. The first-order chi connectivity index (χ1) is 9.33. The van der Waals surface area contributed by atoms with Crippen molar-refractivity contribution in [2.75, 3.05) is 26.8 Å². The highest BCUT2D eigenvalue weighted by molar-refractivity contribution is 5.45. The molecule has 0 saturated carbocycles. The standard InChI is InChI=1S/C16H21NO2/c1-19-16-8-7-14(6-5-11-18)15(12-16)13-17-9-3-2-4-10-17/h7-8,12,18H,2-4,9-11,13H2,1H3. The number of hydrogen-bond donors (Lipinski definition) is 1. The summed E-state index contributed by atoms with van der Waals surface area (Å²) in [6.07, 6.45) is 3.90. The molecule has 0 aromatic heterocycles. The lowest BCUT2D eigenvalue weighted by Crippen LogP contribution is -2.29. The minimum Gasteiger partial charge on any atom is -0.497 e. The predicted molar refractivity (Wildman–Crippen MR) is 76.1 cm³/mol. The number of rotatable bonds is 3. The number of likely N-dealkylation sites (tertiary alicyclic amines) is 1. The van der Waals surface area contributed by atoms with Crippen molar-refractivity contribution in [2.24, 2.45) is 0 Å². The van der Waals surface area contributed by atoms with Crippen molar-refractivity contribution in [3.8, 4) is 17.6 Å². The Morgan fingerprint density at radius 2 is 2.05 bits per heavy atom. The van der Waals surface area contributed by atoms with Gasteiger partial charge in [-0.1, -0.05) is 18.3 Å². The average molecular weight is 259 g/mol. The molecule has 0 aliphatic carbocycles. The van der Waals surface area contributed by atoms with Crippen molar-refractivity contribution < 1.29 is 9.84 Å². The molecule has 19 heavy (non-hydrogen) atoms. The summed E-state index contributed by atoms with van der Waals surface area (Å²) in [4.78, 5) is 2.46. The van der Waals surface area contributed by atoms with E-state index in [1.807, 2.05) is 12.1 Å². The van der Waals surface area contributed by atoms with Crippen molar-refractivity contribution in [2.45, 2.75) is 25.8 Å². The lowest BCUT2D eigenvalue weighted by atomic mass is 10.0. The molecule has 0 unspecified atom stereocenters. The van der Waals surface area contributed by atoms with Crippen LogP contribution in [0.15, 0.2) is 18.2 Å². The van der Waals surface area contributed by atoms with Gasteiger partial charge in [0.1, 0.15) is 12.4 Å². The second-order valence-electron chi connectivity index (χ2n) is 4.82. The molecule has 0 atom stereocenters. The molecule has 102 valence electrons. The molecule has 1 aliphatic rings. The monoisotopic (exact) mass is 259 g/mol. The van der Waals surface area contributed by atoms with E-state index in [4.69, 9.17) is 9.84 Å². The summed E-state index contributed by atoms with van der Waals surface area (Å²) in [5.74, 6) is 6.61. The number of methoxy groups -OCH3 is 1. The molecule has 0 radical (unpaired) electrons. The zero-order chi connectivity index (χ0) is 13.5. The summed E-state index contributed by atoms with van der Waals surface area (Å²) in [7, 11) is 1.68. The topological polar surface area (TPSA) is 32.7 Å². The van der Waals surface area contributed by atoms with E-state index in [2.05, 4.69) is 22.8 Å². The maximum atomic E-state index is 8.83.